The third kappa shape index (κ3) is 2.93. The van der Waals surface area contributed by atoms with Gasteiger partial charge in [0.25, 0.3) is 0 Å². The van der Waals surface area contributed by atoms with Gasteiger partial charge in [-0.25, -0.2) is 4.68 Å². The lowest BCUT2D eigenvalue weighted by molar-refractivity contribution is 0.230. The molecule has 1 heterocycles. The first-order valence-electron chi connectivity index (χ1n) is 7.43. The van der Waals surface area contributed by atoms with Crippen molar-refractivity contribution < 1.29 is 0 Å². The molecule has 0 bridgehead atoms. The van der Waals surface area contributed by atoms with Crippen molar-refractivity contribution in [2.75, 3.05) is 6.54 Å². The number of nitrogens with zero attached hydrogens (tertiary/aromatic N) is 2. The van der Waals surface area contributed by atoms with Crippen molar-refractivity contribution in [1.29, 1.82) is 0 Å². The molecule has 3 heteroatoms. The molecule has 0 aliphatic carbocycles. The lowest BCUT2D eigenvalue weighted by Gasteiger charge is -2.34. The van der Waals surface area contributed by atoms with E-state index in [-0.39, 0.29) is 5.41 Å². The van der Waals surface area contributed by atoms with E-state index in [0.717, 1.165) is 18.7 Å². The van der Waals surface area contributed by atoms with Crippen LogP contribution in [0.25, 0.3) is 5.69 Å². The maximum atomic E-state index is 4.51. The maximum absolute atomic E-state index is 4.51. The van der Waals surface area contributed by atoms with Crippen molar-refractivity contribution >= 4 is 0 Å². The van der Waals surface area contributed by atoms with E-state index in [2.05, 4.69) is 56.3 Å². The highest BCUT2D eigenvalue weighted by Gasteiger charge is 2.31. The minimum Gasteiger partial charge on any atom is -0.308 e. The van der Waals surface area contributed by atoms with E-state index in [9.17, 15) is 0 Å². The standard InChI is InChI=1S/C17H25N3/c1-5-17(3,4)16(18-6-2)15-12-13-19-20(15)14-10-8-7-9-11-14/h7-13,16,18H,5-6H2,1-4H3. The summed E-state index contributed by atoms with van der Waals surface area (Å²) in [5, 5.41) is 8.14. The molecule has 1 aromatic heterocycles. The number of nitrogens with one attached hydrogen (secondary N) is 1. The minimum absolute atomic E-state index is 0.183. The molecular weight excluding hydrogens is 246 g/mol. The van der Waals surface area contributed by atoms with Gasteiger partial charge in [-0.3, -0.25) is 0 Å². The molecule has 0 spiro atoms. The van der Waals surface area contributed by atoms with Gasteiger partial charge in [0, 0.05) is 6.20 Å². The summed E-state index contributed by atoms with van der Waals surface area (Å²) < 4.78 is 2.05. The third-order valence-electron chi connectivity index (χ3n) is 4.07. The van der Waals surface area contributed by atoms with Crippen LogP contribution in [0.3, 0.4) is 0 Å². The summed E-state index contributed by atoms with van der Waals surface area (Å²) in [6.07, 6.45) is 3.00. The van der Waals surface area contributed by atoms with Gasteiger partial charge in [-0.05, 0) is 36.6 Å². The van der Waals surface area contributed by atoms with Crippen molar-refractivity contribution in [3.05, 3.63) is 48.3 Å². The molecule has 2 aromatic rings. The van der Waals surface area contributed by atoms with Gasteiger partial charge in [-0.15, -0.1) is 0 Å². The predicted octanol–water partition coefficient (Wildman–Crippen LogP) is 3.96. The molecule has 0 saturated carbocycles. The van der Waals surface area contributed by atoms with Crippen LogP contribution in [0.4, 0.5) is 0 Å². The number of hydrogen-bond acceptors (Lipinski definition) is 2. The van der Waals surface area contributed by atoms with Gasteiger partial charge in [-0.2, -0.15) is 5.10 Å². The van der Waals surface area contributed by atoms with Crippen LogP contribution in [0, 0.1) is 5.41 Å². The second-order valence-corrected chi connectivity index (χ2v) is 5.84. The zero-order valence-electron chi connectivity index (χ0n) is 12.9. The van der Waals surface area contributed by atoms with Crippen molar-refractivity contribution in [2.24, 2.45) is 5.41 Å². The largest absolute Gasteiger partial charge is 0.308 e. The molecule has 0 aliphatic rings. The molecule has 0 aliphatic heterocycles. The molecule has 0 fully saturated rings. The van der Waals surface area contributed by atoms with E-state index in [1.807, 2.05) is 29.1 Å². The van der Waals surface area contributed by atoms with Gasteiger partial charge in [-0.1, -0.05) is 45.9 Å². The van der Waals surface area contributed by atoms with Gasteiger partial charge in [0.05, 0.1) is 17.4 Å². The van der Waals surface area contributed by atoms with Crippen molar-refractivity contribution in [3.8, 4) is 5.69 Å². The van der Waals surface area contributed by atoms with Crippen molar-refractivity contribution in [2.45, 2.75) is 40.2 Å². The Morgan fingerprint density at radius 2 is 1.85 bits per heavy atom. The first kappa shape index (κ1) is 14.8. The van der Waals surface area contributed by atoms with Crippen LogP contribution >= 0.6 is 0 Å². The lowest BCUT2D eigenvalue weighted by atomic mass is 9.80. The number of benzene rings is 1. The van der Waals surface area contributed by atoms with Gasteiger partial charge >= 0.3 is 0 Å². The monoisotopic (exact) mass is 271 g/mol. The van der Waals surface area contributed by atoms with Crippen LogP contribution < -0.4 is 5.32 Å². The summed E-state index contributed by atoms with van der Waals surface area (Å²) in [6.45, 7) is 9.97. The van der Waals surface area contributed by atoms with Crippen molar-refractivity contribution in [3.63, 3.8) is 0 Å². The van der Waals surface area contributed by atoms with E-state index in [4.69, 9.17) is 0 Å². The Kier molecular flexibility index (Phi) is 4.61. The van der Waals surface area contributed by atoms with E-state index in [0.29, 0.717) is 6.04 Å². The van der Waals surface area contributed by atoms with Gasteiger partial charge in [0.1, 0.15) is 0 Å². The minimum atomic E-state index is 0.183. The summed E-state index contributed by atoms with van der Waals surface area (Å²) in [6, 6.07) is 12.7. The fourth-order valence-corrected chi connectivity index (χ4v) is 2.51. The van der Waals surface area contributed by atoms with Crippen LogP contribution in [-0.2, 0) is 0 Å². The van der Waals surface area contributed by atoms with Crippen LogP contribution in [0.1, 0.15) is 45.9 Å². The van der Waals surface area contributed by atoms with E-state index >= 15 is 0 Å². The van der Waals surface area contributed by atoms with Crippen molar-refractivity contribution in [1.82, 2.24) is 15.1 Å². The van der Waals surface area contributed by atoms with Gasteiger partial charge < -0.3 is 5.32 Å². The van der Waals surface area contributed by atoms with E-state index in [1.165, 1.54) is 5.69 Å². The molecule has 1 unspecified atom stereocenters. The molecule has 1 atom stereocenters. The first-order chi connectivity index (χ1) is 9.60. The molecule has 2 rings (SSSR count). The highest BCUT2D eigenvalue weighted by atomic mass is 15.3. The zero-order valence-corrected chi connectivity index (χ0v) is 12.9. The smallest absolute Gasteiger partial charge is 0.0649 e. The summed E-state index contributed by atoms with van der Waals surface area (Å²) in [7, 11) is 0. The van der Waals surface area contributed by atoms with E-state index < -0.39 is 0 Å². The third-order valence-corrected chi connectivity index (χ3v) is 4.07. The summed E-state index contributed by atoms with van der Waals surface area (Å²) in [5.41, 5.74) is 2.52. The Labute approximate surface area is 122 Å². The maximum Gasteiger partial charge on any atom is 0.0649 e. The highest BCUT2D eigenvalue weighted by Crippen LogP contribution is 2.36. The van der Waals surface area contributed by atoms with Gasteiger partial charge in [0.2, 0.25) is 0 Å². The highest BCUT2D eigenvalue weighted by molar-refractivity contribution is 5.33. The molecule has 20 heavy (non-hydrogen) atoms. The Bertz CT molecular complexity index is 528. The van der Waals surface area contributed by atoms with Crippen LogP contribution in [0.2, 0.25) is 0 Å². The fourth-order valence-electron chi connectivity index (χ4n) is 2.51. The Morgan fingerprint density at radius 3 is 2.45 bits per heavy atom. The number of para-hydroxylation sites is 1. The summed E-state index contributed by atoms with van der Waals surface area (Å²) in [4.78, 5) is 0. The molecule has 108 valence electrons. The van der Waals surface area contributed by atoms with Crippen LogP contribution in [0.5, 0.6) is 0 Å². The molecule has 3 nitrogen and oxygen atoms in total. The normalized spacial score (nSPS) is 13.4. The Hall–Kier alpha value is -1.61. The zero-order chi connectivity index (χ0) is 14.6. The first-order valence-corrected chi connectivity index (χ1v) is 7.43. The second kappa shape index (κ2) is 6.23. The topological polar surface area (TPSA) is 29.9 Å². The number of aromatic nitrogens is 2. The Balaban J connectivity index is 2.43. The molecule has 0 amide bonds. The van der Waals surface area contributed by atoms with Gasteiger partial charge in [0.15, 0.2) is 0 Å². The SMILES string of the molecule is CCNC(c1ccnn1-c1ccccc1)C(C)(C)CC. The average molecular weight is 271 g/mol. The van der Waals surface area contributed by atoms with Crippen LogP contribution in [-0.4, -0.2) is 16.3 Å². The molecule has 0 saturated heterocycles. The Morgan fingerprint density at radius 1 is 1.15 bits per heavy atom. The number of rotatable bonds is 6. The average Bonchev–Trinajstić information content (AvgIpc) is 2.94. The lowest BCUT2D eigenvalue weighted by Crippen LogP contribution is -2.35. The van der Waals surface area contributed by atoms with Crippen LogP contribution in [0.15, 0.2) is 42.6 Å². The molecular formula is C17H25N3. The molecule has 1 aromatic carbocycles. The second-order valence-electron chi connectivity index (χ2n) is 5.84. The number of hydrogen-bond donors (Lipinski definition) is 1. The summed E-state index contributed by atoms with van der Waals surface area (Å²) >= 11 is 0. The molecule has 0 radical (unpaired) electrons. The fraction of sp³-hybridized carbons (Fsp3) is 0.471. The van der Waals surface area contributed by atoms with E-state index in [1.54, 1.807) is 0 Å². The quantitative estimate of drug-likeness (QED) is 0.862. The summed E-state index contributed by atoms with van der Waals surface area (Å²) in [5.74, 6) is 0. The molecule has 1 N–H and O–H groups in total. The predicted molar refractivity (Wildman–Crippen MR) is 84.1 cm³/mol.